The monoisotopic (exact) mass is 527 g/mol. The molecular weight excluding hydrogens is 506 g/mol. The number of benzene rings is 6. The van der Waals surface area contributed by atoms with Crippen LogP contribution in [0.5, 0.6) is 0 Å². The lowest BCUT2D eigenvalue weighted by atomic mass is 9.88. The molecule has 0 amide bonds. The van der Waals surface area contributed by atoms with Crippen molar-refractivity contribution < 1.29 is 4.42 Å². The van der Waals surface area contributed by atoms with Crippen molar-refractivity contribution in [1.29, 1.82) is 5.26 Å². The summed E-state index contributed by atoms with van der Waals surface area (Å²) in [5, 5.41) is 14.8. The van der Waals surface area contributed by atoms with E-state index < -0.39 is 0 Å². The molecular formula is C37H21NOS. The van der Waals surface area contributed by atoms with Crippen molar-refractivity contribution in [1.82, 2.24) is 0 Å². The molecule has 40 heavy (non-hydrogen) atoms. The van der Waals surface area contributed by atoms with Crippen molar-refractivity contribution in [2.45, 2.75) is 0 Å². The number of nitriles is 1. The Hall–Kier alpha value is -5.17. The highest BCUT2D eigenvalue weighted by molar-refractivity contribution is 7.25. The molecule has 8 aromatic rings. The minimum Gasteiger partial charge on any atom is -0.456 e. The summed E-state index contributed by atoms with van der Waals surface area (Å²) in [5.74, 6) is 0. The molecule has 2 nitrogen and oxygen atoms in total. The number of fused-ring (bicyclic) bond motifs is 6. The smallest absolute Gasteiger partial charge is 0.136 e. The maximum Gasteiger partial charge on any atom is 0.136 e. The van der Waals surface area contributed by atoms with Crippen molar-refractivity contribution in [2.75, 3.05) is 0 Å². The maximum atomic E-state index is 10.0. The second-order valence-corrected chi connectivity index (χ2v) is 11.1. The van der Waals surface area contributed by atoms with Crippen molar-refractivity contribution in [3.05, 3.63) is 133 Å². The lowest BCUT2D eigenvalue weighted by Crippen LogP contribution is -1.91. The molecule has 8 rings (SSSR count). The van der Waals surface area contributed by atoms with Crippen LogP contribution in [0.1, 0.15) is 5.56 Å². The van der Waals surface area contributed by atoms with Gasteiger partial charge < -0.3 is 4.42 Å². The Morgan fingerprint density at radius 1 is 0.500 bits per heavy atom. The second kappa shape index (κ2) is 8.95. The Labute approximate surface area is 235 Å². The van der Waals surface area contributed by atoms with Gasteiger partial charge in [-0.15, -0.1) is 11.3 Å². The Balaban J connectivity index is 1.40. The van der Waals surface area contributed by atoms with Crippen molar-refractivity contribution in [2.24, 2.45) is 0 Å². The first-order chi connectivity index (χ1) is 19.8. The summed E-state index contributed by atoms with van der Waals surface area (Å²) in [5.41, 5.74) is 8.83. The van der Waals surface area contributed by atoms with E-state index in [1.807, 2.05) is 59.9 Å². The summed E-state index contributed by atoms with van der Waals surface area (Å²) in [6.07, 6.45) is 0. The molecule has 0 saturated heterocycles. The van der Waals surface area contributed by atoms with Crippen LogP contribution in [-0.4, -0.2) is 0 Å². The fourth-order valence-electron chi connectivity index (χ4n) is 5.91. The van der Waals surface area contributed by atoms with Gasteiger partial charge in [0.1, 0.15) is 11.2 Å². The first-order valence-electron chi connectivity index (χ1n) is 13.2. The number of hydrogen-bond donors (Lipinski definition) is 0. The lowest BCUT2D eigenvalue weighted by molar-refractivity contribution is 0.669. The van der Waals surface area contributed by atoms with Gasteiger partial charge in [0.15, 0.2) is 0 Å². The van der Waals surface area contributed by atoms with Crippen molar-refractivity contribution in [3.63, 3.8) is 0 Å². The number of rotatable bonds is 3. The van der Waals surface area contributed by atoms with Crippen molar-refractivity contribution in [3.8, 4) is 39.4 Å². The van der Waals surface area contributed by atoms with E-state index in [2.05, 4.69) is 84.9 Å². The minimum absolute atomic E-state index is 0.662. The van der Waals surface area contributed by atoms with Crippen LogP contribution in [0.2, 0.25) is 0 Å². The topological polar surface area (TPSA) is 36.9 Å². The van der Waals surface area contributed by atoms with Gasteiger partial charge in [0, 0.05) is 36.5 Å². The standard InChI is InChI=1S/C37H21NOS/c38-22-25-8-1-2-9-26(25)31-20-24(28-12-7-14-34-37(28)30-11-3-5-13-33(30)39-34)16-18-27(31)23-17-19-36-32(21-23)29-10-4-6-15-35(29)40-36/h1-21H. The van der Waals surface area contributed by atoms with Gasteiger partial charge in [-0.05, 0) is 70.3 Å². The van der Waals surface area contributed by atoms with Gasteiger partial charge in [0.05, 0.1) is 11.6 Å². The molecule has 6 aromatic carbocycles. The summed E-state index contributed by atoms with van der Waals surface area (Å²) < 4.78 is 8.75. The molecule has 0 unspecified atom stereocenters. The van der Waals surface area contributed by atoms with Crippen molar-refractivity contribution >= 4 is 53.4 Å². The van der Waals surface area contributed by atoms with E-state index in [9.17, 15) is 5.26 Å². The van der Waals surface area contributed by atoms with E-state index in [0.29, 0.717) is 5.56 Å². The molecule has 2 heterocycles. The van der Waals surface area contributed by atoms with Gasteiger partial charge >= 0.3 is 0 Å². The van der Waals surface area contributed by atoms with Gasteiger partial charge in [-0.3, -0.25) is 0 Å². The summed E-state index contributed by atoms with van der Waals surface area (Å²) in [6.45, 7) is 0. The fourth-order valence-corrected chi connectivity index (χ4v) is 7.00. The normalized spacial score (nSPS) is 11.5. The number of nitrogens with zero attached hydrogens (tertiary/aromatic N) is 1. The Bertz CT molecular complexity index is 2300. The zero-order chi connectivity index (χ0) is 26.6. The average Bonchev–Trinajstić information content (AvgIpc) is 3.59. The predicted molar refractivity (Wildman–Crippen MR) is 168 cm³/mol. The minimum atomic E-state index is 0.662. The Morgan fingerprint density at radius 2 is 1.20 bits per heavy atom. The van der Waals surface area contributed by atoms with E-state index >= 15 is 0 Å². The lowest BCUT2D eigenvalue weighted by Gasteiger charge is -2.15. The molecule has 186 valence electrons. The quantitative estimate of drug-likeness (QED) is 0.229. The molecule has 0 aliphatic heterocycles. The molecule has 0 spiro atoms. The fraction of sp³-hybridized carbons (Fsp3) is 0. The Morgan fingerprint density at radius 3 is 2.12 bits per heavy atom. The summed E-state index contributed by atoms with van der Waals surface area (Å²) in [4.78, 5) is 0. The molecule has 3 heteroatoms. The Kier molecular flexibility index (Phi) is 5.10. The van der Waals surface area contributed by atoms with E-state index in [0.717, 1.165) is 55.3 Å². The average molecular weight is 528 g/mol. The van der Waals surface area contributed by atoms with Crippen LogP contribution in [0.25, 0.3) is 75.5 Å². The number of para-hydroxylation sites is 1. The van der Waals surface area contributed by atoms with Crippen LogP contribution >= 0.6 is 11.3 Å². The molecule has 0 saturated carbocycles. The van der Waals surface area contributed by atoms with Gasteiger partial charge in [0.25, 0.3) is 0 Å². The van der Waals surface area contributed by atoms with Crippen LogP contribution < -0.4 is 0 Å². The first-order valence-corrected chi connectivity index (χ1v) is 14.1. The van der Waals surface area contributed by atoms with Gasteiger partial charge in [-0.25, -0.2) is 0 Å². The van der Waals surface area contributed by atoms with Crippen LogP contribution in [-0.2, 0) is 0 Å². The largest absolute Gasteiger partial charge is 0.456 e. The molecule has 2 aromatic heterocycles. The summed E-state index contributed by atoms with van der Waals surface area (Å²) in [7, 11) is 0. The van der Waals surface area contributed by atoms with Gasteiger partial charge in [-0.1, -0.05) is 84.9 Å². The highest BCUT2D eigenvalue weighted by Gasteiger charge is 2.17. The third-order valence-corrected chi connectivity index (χ3v) is 8.91. The van der Waals surface area contributed by atoms with E-state index in [1.165, 1.54) is 20.2 Å². The van der Waals surface area contributed by atoms with Crippen LogP contribution in [0.15, 0.2) is 132 Å². The van der Waals surface area contributed by atoms with Crippen LogP contribution in [0, 0.1) is 11.3 Å². The summed E-state index contributed by atoms with van der Waals surface area (Å²) in [6, 6.07) is 46.6. The zero-order valence-electron chi connectivity index (χ0n) is 21.4. The van der Waals surface area contributed by atoms with Crippen LogP contribution in [0.4, 0.5) is 0 Å². The second-order valence-electron chi connectivity index (χ2n) is 10.0. The molecule has 0 aliphatic rings. The van der Waals surface area contributed by atoms with E-state index in [1.54, 1.807) is 0 Å². The zero-order valence-corrected chi connectivity index (χ0v) is 22.2. The highest BCUT2D eigenvalue weighted by atomic mass is 32.1. The predicted octanol–water partition coefficient (Wildman–Crippen LogP) is 10.8. The number of thiophene rings is 1. The van der Waals surface area contributed by atoms with E-state index in [4.69, 9.17) is 4.42 Å². The summed E-state index contributed by atoms with van der Waals surface area (Å²) >= 11 is 1.82. The first kappa shape index (κ1) is 22.8. The SMILES string of the molecule is N#Cc1ccccc1-c1cc(-c2cccc3oc4ccccc4c23)ccc1-c1ccc2sc3ccccc3c2c1. The van der Waals surface area contributed by atoms with Crippen LogP contribution in [0.3, 0.4) is 0 Å². The number of hydrogen-bond acceptors (Lipinski definition) is 3. The molecule has 0 fully saturated rings. The molecule has 0 radical (unpaired) electrons. The molecule has 0 N–H and O–H groups in total. The maximum absolute atomic E-state index is 10.0. The third-order valence-electron chi connectivity index (χ3n) is 7.76. The number of furan rings is 1. The molecule has 0 bridgehead atoms. The van der Waals surface area contributed by atoms with Gasteiger partial charge in [-0.2, -0.15) is 5.26 Å². The highest BCUT2D eigenvalue weighted by Crippen LogP contribution is 2.43. The van der Waals surface area contributed by atoms with Gasteiger partial charge in [0.2, 0.25) is 0 Å². The van der Waals surface area contributed by atoms with E-state index in [-0.39, 0.29) is 0 Å². The third kappa shape index (κ3) is 3.48. The molecule has 0 atom stereocenters. The molecule has 0 aliphatic carbocycles.